The molecule has 2 fully saturated rings. The molecule has 2 saturated heterocycles. The van der Waals surface area contributed by atoms with Crippen LogP contribution in [0.5, 0.6) is 0 Å². The molecule has 0 aromatic heterocycles. The standard InChI is InChI=1S/C26H27NO5/c1-27-20-14-15-21(27)26(25(30)31-2,22(28)16-13-18-9-5-3-6-10-18)23(17-20)32-24(29)19-11-7-4-8-12-19/h3-13,16,20-21,23H,14-15,17H2,1-2H3/b16-13+/t20-,21+,23+,26+/m1/s1. The maximum Gasteiger partial charge on any atom is 0.338 e. The normalized spacial score (nSPS) is 27.2. The average molecular weight is 434 g/mol. The number of ketones is 1. The van der Waals surface area contributed by atoms with Crippen molar-refractivity contribution in [3.05, 3.63) is 77.9 Å². The van der Waals surface area contributed by atoms with E-state index in [0.29, 0.717) is 18.4 Å². The molecule has 2 aliphatic rings. The number of piperidine rings is 1. The van der Waals surface area contributed by atoms with Crippen molar-refractivity contribution in [2.24, 2.45) is 5.41 Å². The molecule has 6 nitrogen and oxygen atoms in total. The molecule has 2 heterocycles. The Morgan fingerprint density at radius 1 is 1.00 bits per heavy atom. The van der Waals surface area contributed by atoms with Crippen LogP contribution in [0.25, 0.3) is 6.08 Å². The van der Waals surface area contributed by atoms with E-state index in [9.17, 15) is 14.4 Å². The molecule has 0 saturated carbocycles. The van der Waals surface area contributed by atoms with Gasteiger partial charge in [-0.1, -0.05) is 54.6 Å². The third kappa shape index (κ3) is 3.75. The molecule has 2 aliphatic heterocycles. The van der Waals surface area contributed by atoms with Gasteiger partial charge in [-0.3, -0.25) is 14.5 Å². The second-order valence-corrected chi connectivity index (χ2v) is 8.38. The quantitative estimate of drug-likeness (QED) is 0.394. The number of hydrogen-bond donors (Lipinski definition) is 0. The molecule has 2 aromatic carbocycles. The highest BCUT2D eigenvalue weighted by Crippen LogP contribution is 2.49. The van der Waals surface area contributed by atoms with Crippen LogP contribution in [0.4, 0.5) is 0 Å². The summed E-state index contributed by atoms with van der Waals surface area (Å²) in [6.45, 7) is 0. The zero-order valence-corrected chi connectivity index (χ0v) is 18.3. The maximum absolute atomic E-state index is 13.7. The number of methoxy groups -OCH3 is 1. The molecule has 0 unspecified atom stereocenters. The van der Waals surface area contributed by atoms with E-state index in [0.717, 1.165) is 12.0 Å². The van der Waals surface area contributed by atoms with Crippen molar-refractivity contribution in [3.8, 4) is 0 Å². The minimum absolute atomic E-state index is 0.136. The van der Waals surface area contributed by atoms with Gasteiger partial charge < -0.3 is 9.47 Å². The molecular formula is C26H27NO5. The second-order valence-electron chi connectivity index (χ2n) is 8.38. The molecule has 0 aliphatic carbocycles. The summed E-state index contributed by atoms with van der Waals surface area (Å²) in [6.07, 6.45) is 4.07. The minimum atomic E-state index is -1.62. The molecular weight excluding hydrogens is 406 g/mol. The van der Waals surface area contributed by atoms with Gasteiger partial charge in [-0.25, -0.2) is 4.79 Å². The van der Waals surface area contributed by atoms with Gasteiger partial charge in [-0.05, 0) is 43.7 Å². The summed E-state index contributed by atoms with van der Waals surface area (Å²) in [7, 11) is 3.19. The summed E-state index contributed by atoms with van der Waals surface area (Å²) in [4.78, 5) is 42.0. The predicted molar refractivity (Wildman–Crippen MR) is 120 cm³/mol. The third-order valence-electron chi connectivity index (χ3n) is 6.78. The van der Waals surface area contributed by atoms with E-state index in [-0.39, 0.29) is 6.04 Å². The Morgan fingerprint density at radius 2 is 1.66 bits per heavy atom. The zero-order chi connectivity index (χ0) is 22.7. The van der Waals surface area contributed by atoms with Crippen LogP contribution in [-0.4, -0.2) is 55.0 Å². The van der Waals surface area contributed by atoms with Gasteiger partial charge in [-0.15, -0.1) is 0 Å². The molecule has 2 aromatic rings. The Kier molecular flexibility index (Phi) is 6.24. The highest BCUT2D eigenvalue weighted by Gasteiger charge is 2.66. The molecule has 0 N–H and O–H groups in total. The van der Waals surface area contributed by atoms with Gasteiger partial charge in [-0.2, -0.15) is 0 Å². The van der Waals surface area contributed by atoms with Gasteiger partial charge in [0.2, 0.25) is 0 Å². The van der Waals surface area contributed by atoms with Crippen LogP contribution in [0.15, 0.2) is 66.7 Å². The first-order valence-electron chi connectivity index (χ1n) is 10.8. The van der Waals surface area contributed by atoms with E-state index in [1.54, 1.807) is 30.3 Å². The largest absolute Gasteiger partial charge is 0.468 e. The number of fused-ring (bicyclic) bond motifs is 2. The molecule has 0 amide bonds. The molecule has 2 bridgehead atoms. The zero-order valence-electron chi connectivity index (χ0n) is 18.3. The number of hydrogen-bond acceptors (Lipinski definition) is 6. The highest BCUT2D eigenvalue weighted by atomic mass is 16.6. The van der Waals surface area contributed by atoms with Crippen LogP contribution >= 0.6 is 0 Å². The van der Waals surface area contributed by atoms with Gasteiger partial charge in [0.05, 0.1) is 12.7 Å². The predicted octanol–water partition coefficient (Wildman–Crippen LogP) is 3.52. The summed E-state index contributed by atoms with van der Waals surface area (Å²) >= 11 is 0. The number of esters is 2. The Morgan fingerprint density at radius 3 is 2.31 bits per heavy atom. The molecule has 166 valence electrons. The molecule has 4 atom stereocenters. The average Bonchev–Trinajstić information content (AvgIpc) is 3.09. The van der Waals surface area contributed by atoms with Crippen LogP contribution < -0.4 is 0 Å². The van der Waals surface area contributed by atoms with Crippen LogP contribution in [0.2, 0.25) is 0 Å². The van der Waals surface area contributed by atoms with Crippen molar-refractivity contribution in [2.75, 3.05) is 14.2 Å². The monoisotopic (exact) mass is 433 g/mol. The van der Waals surface area contributed by atoms with Crippen LogP contribution in [0.1, 0.15) is 35.2 Å². The van der Waals surface area contributed by atoms with E-state index < -0.39 is 35.3 Å². The van der Waals surface area contributed by atoms with Crippen molar-refractivity contribution in [2.45, 2.75) is 37.5 Å². The van der Waals surface area contributed by atoms with Crippen molar-refractivity contribution in [1.82, 2.24) is 4.90 Å². The van der Waals surface area contributed by atoms with Gasteiger partial charge in [0.25, 0.3) is 0 Å². The summed E-state index contributed by atoms with van der Waals surface area (Å²) in [5.41, 5.74) is -0.399. The Balaban J connectivity index is 1.74. The number of benzene rings is 2. The first-order chi connectivity index (χ1) is 15.5. The van der Waals surface area contributed by atoms with Gasteiger partial charge in [0, 0.05) is 18.5 Å². The lowest BCUT2D eigenvalue weighted by atomic mass is 9.68. The Hall–Kier alpha value is -3.25. The van der Waals surface area contributed by atoms with Crippen molar-refractivity contribution >= 4 is 23.8 Å². The molecule has 6 heteroatoms. The summed E-state index contributed by atoms with van der Waals surface area (Å²) in [5, 5.41) is 0. The maximum atomic E-state index is 13.7. The van der Waals surface area contributed by atoms with E-state index in [1.807, 2.05) is 43.4 Å². The molecule has 4 rings (SSSR count). The topological polar surface area (TPSA) is 72.9 Å². The number of ether oxygens (including phenoxy) is 2. The fraction of sp³-hybridized carbons (Fsp3) is 0.346. The first kappa shape index (κ1) is 22.0. The number of nitrogens with zero attached hydrogens (tertiary/aromatic N) is 1. The lowest BCUT2D eigenvalue weighted by Gasteiger charge is -2.48. The third-order valence-corrected chi connectivity index (χ3v) is 6.78. The van der Waals surface area contributed by atoms with Gasteiger partial charge in [0.15, 0.2) is 11.2 Å². The molecule has 0 spiro atoms. The van der Waals surface area contributed by atoms with E-state index in [2.05, 4.69) is 4.90 Å². The number of carbonyl (C=O) groups is 3. The fourth-order valence-corrected chi connectivity index (χ4v) is 5.14. The van der Waals surface area contributed by atoms with E-state index in [1.165, 1.54) is 13.2 Å². The van der Waals surface area contributed by atoms with E-state index in [4.69, 9.17) is 9.47 Å². The lowest BCUT2D eigenvalue weighted by molar-refractivity contribution is -0.176. The highest BCUT2D eigenvalue weighted by molar-refractivity contribution is 6.12. The fourth-order valence-electron chi connectivity index (χ4n) is 5.14. The van der Waals surface area contributed by atoms with Crippen LogP contribution in [0, 0.1) is 5.41 Å². The molecule has 32 heavy (non-hydrogen) atoms. The summed E-state index contributed by atoms with van der Waals surface area (Å²) in [6, 6.07) is 17.7. The Bertz CT molecular complexity index is 1020. The number of rotatable bonds is 6. The number of carbonyl (C=O) groups excluding carboxylic acids is 3. The lowest BCUT2D eigenvalue weighted by Crippen LogP contribution is -2.65. The van der Waals surface area contributed by atoms with Gasteiger partial charge in [0.1, 0.15) is 6.10 Å². The van der Waals surface area contributed by atoms with E-state index >= 15 is 0 Å². The van der Waals surface area contributed by atoms with Crippen molar-refractivity contribution < 1.29 is 23.9 Å². The van der Waals surface area contributed by atoms with Crippen molar-refractivity contribution in [3.63, 3.8) is 0 Å². The van der Waals surface area contributed by atoms with Gasteiger partial charge >= 0.3 is 11.9 Å². The Labute approximate surface area is 187 Å². The second kappa shape index (κ2) is 9.09. The summed E-state index contributed by atoms with van der Waals surface area (Å²) in [5.74, 6) is -1.62. The van der Waals surface area contributed by atoms with Crippen molar-refractivity contribution in [1.29, 1.82) is 0 Å². The SMILES string of the molecule is COC(=O)[C@@]1(C(=O)/C=C/c2ccccc2)[C@@H](OC(=O)c2ccccc2)C[C@H]2CC[C@@H]1N2C. The number of allylic oxidation sites excluding steroid dienone is 1. The summed E-state index contributed by atoms with van der Waals surface area (Å²) < 4.78 is 11.1. The van der Waals surface area contributed by atoms with Crippen LogP contribution in [-0.2, 0) is 19.1 Å². The smallest absolute Gasteiger partial charge is 0.338 e. The minimum Gasteiger partial charge on any atom is -0.468 e. The first-order valence-corrected chi connectivity index (χ1v) is 10.8. The van der Waals surface area contributed by atoms with Crippen LogP contribution in [0.3, 0.4) is 0 Å². The molecule has 0 radical (unpaired) electrons.